The van der Waals surface area contributed by atoms with Gasteiger partial charge < -0.3 is 0 Å². The van der Waals surface area contributed by atoms with Gasteiger partial charge in [-0.3, -0.25) is 0 Å². The van der Waals surface area contributed by atoms with E-state index in [2.05, 4.69) is 27.0 Å². The van der Waals surface area contributed by atoms with Gasteiger partial charge >= 0.3 is 0 Å². The monoisotopic (exact) mass is 217 g/mol. The van der Waals surface area contributed by atoms with E-state index in [1.807, 2.05) is 17.7 Å². The van der Waals surface area contributed by atoms with Gasteiger partial charge in [0, 0.05) is 16.9 Å². The Bertz CT molecular complexity index is 193. The summed E-state index contributed by atoms with van der Waals surface area (Å²) in [5, 5.41) is 4.09. The molecule has 0 unspecified atom stereocenters. The fourth-order valence-electron chi connectivity index (χ4n) is 0.564. The van der Waals surface area contributed by atoms with Crippen LogP contribution in [0, 0.1) is 0 Å². The van der Waals surface area contributed by atoms with E-state index in [-0.39, 0.29) is 0 Å². The molecular formula is C7H8BrNS. The van der Waals surface area contributed by atoms with E-state index < -0.39 is 0 Å². The Morgan fingerprint density at radius 1 is 1.70 bits per heavy atom. The summed E-state index contributed by atoms with van der Waals surface area (Å²) in [5.41, 5.74) is 0. The number of allylic oxidation sites excluding steroid dienone is 1. The van der Waals surface area contributed by atoms with Crippen molar-refractivity contribution in [3.63, 3.8) is 0 Å². The number of thiazole rings is 1. The molecule has 0 saturated heterocycles. The third-order valence-electron chi connectivity index (χ3n) is 0.988. The number of halogens is 1. The molecule has 0 atom stereocenters. The third-order valence-corrected chi connectivity index (χ3v) is 2.19. The highest BCUT2D eigenvalue weighted by molar-refractivity contribution is 9.09. The summed E-state index contributed by atoms with van der Waals surface area (Å²) in [4.78, 5) is 4.10. The molecule has 0 aliphatic heterocycles. The maximum Gasteiger partial charge on any atom is 0.115 e. The number of hydrogen-bond donors (Lipinski definition) is 0. The van der Waals surface area contributed by atoms with Gasteiger partial charge in [-0.1, -0.05) is 22.0 Å². The van der Waals surface area contributed by atoms with Gasteiger partial charge in [0.25, 0.3) is 0 Å². The molecular weight excluding hydrogens is 210 g/mol. The average molecular weight is 218 g/mol. The van der Waals surface area contributed by atoms with Crippen molar-refractivity contribution in [2.45, 2.75) is 6.42 Å². The maximum atomic E-state index is 4.10. The Balaban J connectivity index is 2.40. The lowest BCUT2D eigenvalue weighted by atomic mass is 10.4. The van der Waals surface area contributed by atoms with E-state index in [9.17, 15) is 0 Å². The number of hydrogen-bond acceptors (Lipinski definition) is 2. The van der Waals surface area contributed by atoms with E-state index in [0.29, 0.717) is 0 Å². The molecule has 0 radical (unpaired) electrons. The van der Waals surface area contributed by atoms with E-state index in [0.717, 1.165) is 16.8 Å². The minimum atomic E-state index is 1.02. The second-order valence-corrected chi connectivity index (χ2v) is 3.47. The molecule has 1 aromatic heterocycles. The Labute approximate surface area is 72.9 Å². The van der Waals surface area contributed by atoms with Crippen LogP contribution in [0.25, 0.3) is 6.08 Å². The van der Waals surface area contributed by atoms with Gasteiger partial charge in [-0.25, -0.2) is 4.98 Å². The normalized spacial score (nSPS) is 10.9. The largest absolute Gasteiger partial charge is 0.245 e. The minimum Gasteiger partial charge on any atom is -0.245 e. The molecule has 0 bridgehead atoms. The first kappa shape index (κ1) is 7.95. The fourth-order valence-corrected chi connectivity index (χ4v) is 1.39. The SMILES string of the molecule is BrCCC=Cc1nccs1. The van der Waals surface area contributed by atoms with Gasteiger partial charge in [0.1, 0.15) is 5.01 Å². The first-order valence-corrected chi connectivity index (χ1v) is 5.05. The molecule has 1 rings (SSSR count). The molecule has 0 N–H and O–H groups in total. The Kier molecular flexibility index (Phi) is 3.68. The summed E-state index contributed by atoms with van der Waals surface area (Å²) in [6.45, 7) is 0. The van der Waals surface area contributed by atoms with Crippen molar-refractivity contribution in [2.24, 2.45) is 0 Å². The molecule has 0 aromatic carbocycles. The van der Waals surface area contributed by atoms with Gasteiger partial charge in [-0.2, -0.15) is 0 Å². The van der Waals surface area contributed by atoms with E-state index in [1.165, 1.54) is 0 Å². The minimum absolute atomic E-state index is 1.02. The quantitative estimate of drug-likeness (QED) is 0.710. The molecule has 1 aromatic rings. The van der Waals surface area contributed by atoms with E-state index in [4.69, 9.17) is 0 Å². The van der Waals surface area contributed by atoms with Crippen LogP contribution in [0.3, 0.4) is 0 Å². The molecule has 54 valence electrons. The molecule has 1 heterocycles. The zero-order valence-corrected chi connectivity index (χ0v) is 7.86. The van der Waals surface area contributed by atoms with Crippen LogP contribution in [0.1, 0.15) is 11.4 Å². The van der Waals surface area contributed by atoms with Crippen LogP contribution in [0.5, 0.6) is 0 Å². The van der Waals surface area contributed by atoms with Gasteiger partial charge in [0.15, 0.2) is 0 Å². The molecule has 0 aliphatic carbocycles. The van der Waals surface area contributed by atoms with Crippen LogP contribution in [-0.2, 0) is 0 Å². The number of alkyl halides is 1. The molecule has 0 aliphatic rings. The predicted molar refractivity (Wildman–Crippen MR) is 49.6 cm³/mol. The first-order valence-electron chi connectivity index (χ1n) is 3.05. The molecule has 3 heteroatoms. The van der Waals surface area contributed by atoms with Crippen LogP contribution >= 0.6 is 27.3 Å². The topological polar surface area (TPSA) is 12.9 Å². The van der Waals surface area contributed by atoms with Crippen LogP contribution in [0.2, 0.25) is 0 Å². The Morgan fingerprint density at radius 2 is 2.60 bits per heavy atom. The van der Waals surface area contributed by atoms with Crippen molar-refractivity contribution >= 4 is 33.3 Å². The molecule has 0 fully saturated rings. The van der Waals surface area contributed by atoms with Gasteiger partial charge in [-0.15, -0.1) is 11.3 Å². The standard InChI is InChI=1S/C7H8BrNS/c8-4-2-1-3-7-9-5-6-10-7/h1,3,5-6H,2,4H2. The lowest BCUT2D eigenvalue weighted by molar-refractivity contribution is 1.27. The van der Waals surface area contributed by atoms with Crippen LogP contribution in [0.15, 0.2) is 17.7 Å². The Morgan fingerprint density at radius 3 is 3.20 bits per heavy atom. The third kappa shape index (κ3) is 2.62. The summed E-state index contributed by atoms with van der Waals surface area (Å²) in [6, 6.07) is 0. The zero-order chi connectivity index (χ0) is 7.23. The fraction of sp³-hybridized carbons (Fsp3) is 0.286. The van der Waals surface area contributed by atoms with Crippen LogP contribution in [0.4, 0.5) is 0 Å². The van der Waals surface area contributed by atoms with Crippen LogP contribution < -0.4 is 0 Å². The number of nitrogens with zero attached hydrogens (tertiary/aromatic N) is 1. The number of aromatic nitrogens is 1. The summed E-state index contributed by atoms with van der Waals surface area (Å²) < 4.78 is 0. The van der Waals surface area contributed by atoms with Crippen molar-refractivity contribution in [1.82, 2.24) is 4.98 Å². The molecule has 0 saturated carbocycles. The average Bonchev–Trinajstić information content (AvgIpc) is 2.41. The smallest absolute Gasteiger partial charge is 0.115 e. The Hall–Kier alpha value is -0.150. The van der Waals surface area contributed by atoms with Gasteiger partial charge in [0.05, 0.1) is 0 Å². The summed E-state index contributed by atoms with van der Waals surface area (Å²) >= 11 is 5.01. The molecule has 1 nitrogen and oxygen atoms in total. The highest BCUT2D eigenvalue weighted by atomic mass is 79.9. The predicted octanol–water partition coefficient (Wildman–Crippen LogP) is 2.94. The zero-order valence-electron chi connectivity index (χ0n) is 5.46. The number of rotatable bonds is 3. The summed E-state index contributed by atoms with van der Waals surface area (Å²) in [6.07, 6.45) is 7.05. The summed E-state index contributed by atoms with van der Waals surface area (Å²) in [5.74, 6) is 0. The van der Waals surface area contributed by atoms with E-state index >= 15 is 0 Å². The second-order valence-electron chi connectivity index (χ2n) is 1.75. The van der Waals surface area contributed by atoms with Crippen LogP contribution in [-0.4, -0.2) is 10.3 Å². The van der Waals surface area contributed by atoms with Gasteiger partial charge in [0.2, 0.25) is 0 Å². The van der Waals surface area contributed by atoms with Crippen molar-refractivity contribution in [3.05, 3.63) is 22.7 Å². The lowest BCUT2D eigenvalue weighted by Crippen LogP contribution is -1.67. The van der Waals surface area contributed by atoms with E-state index in [1.54, 1.807) is 11.3 Å². The summed E-state index contributed by atoms with van der Waals surface area (Å²) in [7, 11) is 0. The van der Waals surface area contributed by atoms with Crippen molar-refractivity contribution in [2.75, 3.05) is 5.33 Å². The van der Waals surface area contributed by atoms with Crippen molar-refractivity contribution in [1.29, 1.82) is 0 Å². The molecule has 0 spiro atoms. The highest BCUT2D eigenvalue weighted by Gasteiger charge is 1.84. The van der Waals surface area contributed by atoms with Gasteiger partial charge in [-0.05, 0) is 12.5 Å². The lowest BCUT2D eigenvalue weighted by Gasteiger charge is -1.81. The molecule has 0 amide bonds. The highest BCUT2D eigenvalue weighted by Crippen LogP contribution is 2.06. The second kappa shape index (κ2) is 4.63. The maximum absolute atomic E-state index is 4.10. The van der Waals surface area contributed by atoms with Crippen molar-refractivity contribution in [3.8, 4) is 0 Å². The van der Waals surface area contributed by atoms with Crippen molar-refractivity contribution < 1.29 is 0 Å². The first-order chi connectivity index (χ1) is 4.93. The molecule has 10 heavy (non-hydrogen) atoms.